The Morgan fingerprint density at radius 3 is 2.43 bits per heavy atom. The predicted octanol–water partition coefficient (Wildman–Crippen LogP) is 4.99. The van der Waals surface area contributed by atoms with Gasteiger partial charge in [0.25, 0.3) is 5.91 Å². The number of hydrogen-bond acceptors (Lipinski definition) is 9. The number of hydrogen-bond donors (Lipinski definition) is 3. The third kappa shape index (κ3) is 9.11. The van der Waals surface area contributed by atoms with Gasteiger partial charge in [0.15, 0.2) is 0 Å². The Kier molecular flexibility index (Phi) is 11.8. The van der Waals surface area contributed by atoms with Crippen LogP contribution in [0.5, 0.6) is 5.75 Å². The van der Waals surface area contributed by atoms with Crippen molar-refractivity contribution in [1.29, 1.82) is 0 Å². The van der Waals surface area contributed by atoms with E-state index in [4.69, 9.17) is 14.2 Å². The SMILES string of the molecule is C=C[C@@H]1C[C@]1(NC(=O)[C@@H]1C[C@H](OC)CN1C(=O)[C@@H](NC(=O)OCCC(C)(C)CCCc1cc2c(cc1OC)C=CC1CC21)C(C)(C)C)C(=O)NS(=O)(=O)C1CC1. The average molecular weight is 797 g/mol. The summed E-state index contributed by atoms with van der Waals surface area (Å²) in [7, 11) is -0.647. The summed E-state index contributed by atoms with van der Waals surface area (Å²) in [6.45, 7) is 13.7. The smallest absolute Gasteiger partial charge is 0.407 e. The van der Waals surface area contributed by atoms with E-state index in [0.717, 1.165) is 25.0 Å². The van der Waals surface area contributed by atoms with Crippen molar-refractivity contribution in [2.24, 2.45) is 22.7 Å². The van der Waals surface area contributed by atoms with Crippen LogP contribution in [0.25, 0.3) is 6.08 Å². The molecule has 3 N–H and O–H groups in total. The number of fused-ring (bicyclic) bond motifs is 3. The van der Waals surface area contributed by atoms with Crippen molar-refractivity contribution < 1.29 is 41.8 Å². The van der Waals surface area contributed by atoms with Gasteiger partial charge in [-0.05, 0) is 96.8 Å². The first kappa shape index (κ1) is 41.7. The van der Waals surface area contributed by atoms with Crippen molar-refractivity contribution in [3.63, 3.8) is 0 Å². The second kappa shape index (κ2) is 15.8. The Morgan fingerprint density at radius 2 is 1.80 bits per heavy atom. The molecule has 308 valence electrons. The number of nitrogens with one attached hydrogen (secondary N) is 3. The van der Waals surface area contributed by atoms with Gasteiger partial charge in [-0.1, -0.05) is 58.9 Å². The van der Waals surface area contributed by atoms with E-state index in [2.05, 4.69) is 60.1 Å². The van der Waals surface area contributed by atoms with Crippen LogP contribution in [0.1, 0.15) is 109 Å². The highest BCUT2D eigenvalue weighted by molar-refractivity contribution is 7.91. The van der Waals surface area contributed by atoms with Crippen LogP contribution in [-0.4, -0.2) is 93.5 Å². The molecule has 1 aromatic carbocycles. The predicted molar refractivity (Wildman–Crippen MR) is 212 cm³/mol. The van der Waals surface area contributed by atoms with Crippen molar-refractivity contribution >= 4 is 39.9 Å². The molecule has 4 amide bonds. The summed E-state index contributed by atoms with van der Waals surface area (Å²) in [5.41, 5.74) is 1.54. The fourth-order valence-electron chi connectivity index (χ4n) is 8.28. The molecule has 3 saturated carbocycles. The first-order valence-electron chi connectivity index (χ1n) is 20.0. The highest BCUT2D eigenvalue weighted by atomic mass is 32.2. The fraction of sp³-hybridized carbons (Fsp3) is 0.667. The molecule has 7 atom stereocenters. The maximum Gasteiger partial charge on any atom is 0.407 e. The van der Waals surface area contributed by atoms with Crippen molar-refractivity contribution in [2.45, 2.75) is 127 Å². The second-order valence-corrected chi connectivity index (χ2v) is 20.2. The minimum absolute atomic E-state index is 0.0839. The molecule has 1 heterocycles. The van der Waals surface area contributed by atoms with E-state index < -0.39 is 74.1 Å². The lowest BCUT2D eigenvalue weighted by atomic mass is 9.83. The van der Waals surface area contributed by atoms with Gasteiger partial charge in [0.2, 0.25) is 21.8 Å². The van der Waals surface area contributed by atoms with E-state index in [1.807, 2.05) is 20.8 Å². The number of alkyl carbamates (subject to hydrolysis) is 1. The molecule has 0 aromatic heterocycles. The molecular weight excluding hydrogens is 737 g/mol. The van der Waals surface area contributed by atoms with Crippen LogP contribution >= 0.6 is 0 Å². The maximum absolute atomic E-state index is 14.3. The summed E-state index contributed by atoms with van der Waals surface area (Å²) >= 11 is 0. The van der Waals surface area contributed by atoms with Crippen LogP contribution in [0, 0.1) is 22.7 Å². The summed E-state index contributed by atoms with van der Waals surface area (Å²) in [6, 6.07) is 2.40. The largest absolute Gasteiger partial charge is 0.496 e. The minimum atomic E-state index is -3.86. The zero-order valence-corrected chi connectivity index (χ0v) is 34.8. The van der Waals surface area contributed by atoms with Gasteiger partial charge < -0.3 is 29.7 Å². The lowest BCUT2D eigenvalue weighted by molar-refractivity contribution is -0.143. The normalized spacial score (nSPS) is 27.0. The summed E-state index contributed by atoms with van der Waals surface area (Å²) in [5, 5.41) is 4.92. The first-order valence-corrected chi connectivity index (χ1v) is 21.5. The topological polar surface area (TPSA) is 169 Å². The van der Waals surface area contributed by atoms with Crippen LogP contribution in [-0.2, 0) is 40.3 Å². The Hall–Kier alpha value is -3.91. The summed E-state index contributed by atoms with van der Waals surface area (Å²) in [4.78, 5) is 56.1. The molecule has 0 bridgehead atoms. The molecule has 1 saturated heterocycles. The number of rotatable bonds is 17. The van der Waals surface area contributed by atoms with E-state index >= 15 is 0 Å². The van der Waals surface area contributed by atoms with Crippen LogP contribution in [0.15, 0.2) is 30.9 Å². The van der Waals surface area contributed by atoms with E-state index in [9.17, 15) is 27.6 Å². The van der Waals surface area contributed by atoms with Crippen molar-refractivity contribution in [2.75, 3.05) is 27.4 Å². The molecule has 14 heteroatoms. The van der Waals surface area contributed by atoms with E-state index in [1.165, 1.54) is 41.2 Å². The summed E-state index contributed by atoms with van der Waals surface area (Å²) < 4.78 is 44.2. The second-order valence-electron chi connectivity index (χ2n) is 18.3. The third-order valence-corrected chi connectivity index (χ3v) is 14.2. The Bertz CT molecular complexity index is 1870. The van der Waals surface area contributed by atoms with Gasteiger partial charge in [-0.3, -0.25) is 19.1 Å². The van der Waals surface area contributed by atoms with Crippen LogP contribution in [0.3, 0.4) is 0 Å². The molecule has 0 radical (unpaired) electrons. The van der Waals surface area contributed by atoms with Crippen LogP contribution < -0.4 is 20.1 Å². The van der Waals surface area contributed by atoms with Gasteiger partial charge >= 0.3 is 6.09 Å². The number of nitrogens with zero attached hydrogens (tertiary/aromatic N) is 1. The summed E-state index contributed by atoms with van der Waals surface area (Å²) in [5.74, 6) is -0.165. The molecule has 5 aliphatic rings. The maximum atomic E-state index is 14.3. The molecule has 56 heavy (non-hydrogen) atoms. The molecule has 1 aliphatic heterocycles. The number of likely N-dealkylation sites (tertiary alicyclic amines) is 1. The van der Waals surface area contributed by atoms with Crippen LogP contribution in [0.2, 0.25) is 0 Å². The average Bonchev–Trinajstić information content (AvgIpc) is 4.04. The number of methoxy groups -OCH3 is 2. The number of carbonyl (C=O) groups excluding carboxylic acids is 4. The Balaban J connectivity index is 1.03. The summed E-state index contributed by atoms with van der Waals surface area (Å²) in [6.07, 6.45) is 10.7. The standard InChI is InChI=1S/C42H60N4O9S/c1-9-28-23-42(28,38(49)45-56(51,52)30-14-15-30)44-36(47)33-22-29(53-7)24-46(33)37(48)35(40(2,3)4)43-39(50)55-18-17-41(5,6)16-10-11-27-20-32-26(21-34(27)54-8)13-12-25-19-31(25)32/h9,12-13,20-21,25,28-31,33,35H,1,10-11,14-19,22-24H2,2-8H3,(H,43,50)(H,44,47)(H,45,49)/t25?,28-,29+,31?,33+,35-,42-/m1/s1. The first-order chi connectivity index (χ1) is 26.3. The Morgan fingerprint density at radius 1 is 1.07 bits per heavy atom. The number of allylic oxidation sites excluding steroid dienone is 1. The number of ether oxygens (including phenoxy) is 3. The molecule has 6 rings (SSSR count). The lowest BCUT2D eigenvalue weighted by Crippen LogP contribution is -2.60. The van der Waals surface area contributed by atoms with Crippen LogP contribution in [0.4, 0.5) is 4.79 Å². The number of amides is 4. The van der Waals surface area contributed by atoms with Crippen molar-refractivity contribution in [3.8, 4) is 5.75 Å². The number of sulfonamides is 1. The zero-order valence-electron chi connectivity index (χ0n) is 33.9. The van der Waals surface area contributed by atoms with Crippen molar-refractivity contribution in [3.05, 3.63) is 47.6 Å². The monoisotopic (exact) mass is 796 g/mol. The van der Waals surface area contributed by atoms with Gasteiger partial charge in [-0.25, -0.2) is 13.2 Å². The zero-order chi connectivity index (χ0) is 40.8. The highest BCUT2D eigenvalue weighted by Crippen LogP contribution is 2.53. The van der Waals surface area contributed by atoms with Gasteiger partial charge in [-0.15, -0.1) is 6.58 Å². The molecule has 4 fully saturated rings. The van der Waals surface area contributed by atoms with Gasteiger partial charge in [-0.2, -0.15) is 0 Å². The lowest BCUT2D eigenvalue weighted by Gasteiger charge is -2.35. The van der Waals surface area contributed by atoms with Gasteiger partial charge in [0.1, 0.15) is 23.4 Å². The molecule has 0 spiro atoms. The van der Waals surface area contributed by atoms with E-state index in [0.29, 0.717) is 31.1 Å². The minimum Gasteiger partial charge on any atom is -0.496 e. The number of carbonyl (C=O) groups is 4. The molecule has 2 unspecified atom stereocenters. The number of benzene rings is 1. The molecule has 13 nitrogen and oxygen atoms in total. The number of aryl methyl sites for hydroxylation is 1. The molecule has 1 aromatic rings. The van der Waals surface area contributed by atoms with E-state index in [1.54, 1.807) is 7.11 Å². The van der Waals surface area contributed by atoms with Crippen molar-refractivity contribution in [1.82, 2.24) is 20.3 Å². The Labute approximate surface area is 331 Å². The quantitative estimate of drug-likeness (QED) is 0.184. The van der Waals surface area contributed by atoms with Gasteiger partial charge in [0, 0.05) is 26.0 Å². The molecular formula is C42H60N4O9S. The van der Waals surface area contributed by atoms with Gasteiger partial charge in [0.05, 0.1) is 25.1 Å². The third-order valence-electron chi connectivity index (χ3n) is 12.4. The van der Waals surface area contributed by atoms with E-state index in [-0.39, 0.29) is 31.4 Å². The fourth-order valence-corrected chi connectivity index (χ4v) is 9.64. The molecule has 4 aliphatic carbocycles. The highest BCUT2D eigenvalue weighted by Gasteiger charge is 2.62.